The molecule has 0 atom stereocenters. The second-order valence-corrected chi connectivity index (χ2v) is 3.20. The maximum Gasteiger partial charge on any atom is 0.130 e. The molecule has 0 aliphatic heterocycles. The third-order valence-corrected chi connectivity index (χ3v) is 2.16. The Morgan fingerprint density at radius 3 is 2.58 bits per heavy atom. The van der Waals surface area contributed by atoms with Crippen molar-refractivity contribution in [1.82, 2.24) is 0 Å². The average Bonchev–Trinajstić information content (AvgIpc) is 1.96. The van der Waals surface area contributed by atoms with Crippen LogP contribution in [0.1, 0.15) is 5.56 Å². The molecule has 0 bridgehead atoms. The lowest BCUT2D eigenvalue weighted by Gasteiger charge is -2.02. The topological polar surface area (TPSA) is 0 Å². The molecule has 1 aromatic rings. The molecule has 0 aliphatic carbocycles. The Morgan fingerprint density at radius 2 is 2.08 bits per heavy atom. The molecule has 64 valence electrons. The average molecular weight is 233 g/mol. The van der Waals surface area contributed by atoms with E-state index in [-0.39, 0.29) is 0 Å². The van der Waals surface area contributed by atoms with Crippen LogP contribution in [0.4, 0.5) is 8.78 Å². The van der Waals surface area contributed by atoms with Crippen molar-refractivity contribution in [3.05, 3.63) is 46.5 Å². The molecule has 0 fully saturated rings. The second-order valence-electron chi connectivity index (χ2n) is 2.34. The molecule has 0 spiro atoms. The van der Waals surface area contributed by atoms with Crippen molar-refractivity contribution in [3.8, 4) is 0 Å². The van der Waals surface area contributed by atoms with Crippen LogP contribution in [0.2, 0.25) is 0 Å². The van der Waals surface area contributed by atoms with E-state index >= 15 is 0 Å². The Morgan fingerprint density at radius 1 is 1.42 bits per heavy atom. The van der Waals surface area contributed by atoms with Gasteiger partial charge in [-0.3, -0.25) is 0 Å². The SMILES string of the molecule is C=CCc1c(F)cc(F)cc1Br. The number of benzene rings is 1. The van der Waals surface area contributed by atoms with E-state index in [4.69, 9.17) is 0 Å². The molecule has 0 nitrogen and oxygen atoms in total. The third-order valence-electron chi connectivity index (χ3n) is 1.45. The van der Waals surface area contributed by atoms with Gasteiger partial charge in [0.2, 0.25) is 0 Å². The van der Waals surface area contributed by atoms with Crippen LogP contribution in [0.5, 0.6) is 0 Å². The summed E-state index contributed by atoms with van der Waals surface area (Å²) in [5, 5.41) is 0. The fraction of sp³-hybridized carbons (Fsp3) is 0.111. The first-order valence-electron chi connectivity index (χ1n) is 3.39. The van der Waals surface area contributed by atoms with Crippen LogP contribution in [-0.2, 0) is 6.42 Å². The van der Waals surface area contributed by atoms with Gasteiger partial charge in [-0.15, -0.1) is 6.58 Å². The van der Waals surface area contributed by atoms with E-state index in [0.717, 1.165) is 6.07 Å². The predicted molar refractivity (Wildman–Crippen MR) is 48.0 cm³/mol. The summed E-state index contributed by atoms with van der Waals surface area (Å²) in [7, 11) is 0. The summed E-state index contributed by atoms with van der Waals surface area (Å²) < 4.78 is 26.0. The molecule has 0 saturated heterocycles. The van der Waals surface area contributed by atoms with E-state index in [2.05, 4.69) is 22.5 Å². The van der Waals surface area contributed by atoms with E-state index in [1.165, 1.54) is 6.07 Å². The number of hydrogen-bond donors (Lipinski definition) is 0. The van der Waals surface area contributed by atoms with Gasteiger partial charge in [-0.05, 0) is 12.5 Å². The molecule has 0 aromatic heterocycles. The Kier molecular flexibility index (Phi) is 2.98. The summed E-state index contributed by atoms with van der Waals surface area (Å²) in [5.41, 5.74) is 0.436. The van der Waals surface area contributed by atoms with Gasteiger partial charge >= 0.3 is 0 Å². The summed E-state index contributed by atoms with van der Waals surface area (Å²) in [6, 6.07) is 2.10. The molecule has 0 unspecified atom stereocenters. The molecular formula is C9H7BrF2. The number of rotatable bonds is 2. The van der Waals surface area contributed by atoms with E-state index in [1.54, 1.807) is 6.08 Å². The van der Waals surface area contributed by atoms with Crippen LogP contribution < -0.4 is 0 Å². The van der Waals surface area contributed by atoms with Crippen molar-refractivity contribution < 1.29 is 8.78 Å². The highest BCUT2D eigenvalue weighted by Crippen LogP contribution is 2.22. The van der Waals surface area contributed by atoms with E-state index in [1.807, 2.05) is 0 Å². The van der Waals surface area contributed by atoms with Crippen LogP contribution in [0.25, 0.3) is 0 Å². The largest absolute Gasteiger partial charge is 0.207 e. The molecule has 0 saturated carbocycles. The van der Waals surface area contributed by atoms with Gasteiger partial charge in [0.05, 0.1) is 0 Å². The Bertz CT molecular complexity index is 284. The summed E-state index contributed by atoms with van der Waals surface area (Å²) in [4.78, 5) is 0. The predicted octanol–water partition coefficient (Wildman–Crippen LogP) is 3.46. The van der Waals surface area contributed by atoms with Gasteiger partial charge in [0, 0.05) is 16.1 Å². The lowest BCUT2D eigenvalue weighted by molar-refractivity contribution is 0.573. The van der Waals surface area contributed by atoms with Gasteiger partial charge in [-0.1, -0.05) is 22.0 Å². The van der Waals surface area contributed by atoms with Crippen molar-refractivity contribution in [3.63, 3.8) is 0 Å². The molecule has 3 heteroatoms. The minimum absolute atomic E-state index is 0.396. The molecule has 0 amide bonds. The second kappa shape index (κ2) is 3.81. The van der Waals surface area contributed by atoms with Gasteiger partial charge < -0.3 is 0 Å². The summed E-state index contributed by atoms with van der Waals surface area (Å²) in [6.45, 7) is 3.48. The number of allylic oxidation sites excluding steroid dienone is 1. The minimum atomic E-state index is -0.577. The van der Waals surface area contributed by atoms with Crippen molar-refractivity contribution in [1.29, 1.82) is 0 Å². The van der Waals surface area contributed by atoms with E-state index in [9.17, 15) is 8.78 Å². The molecule has 0 N–H and O–H groups in total. The summed E-state index contributed by atoms with van der Waals surface area (Å²) in [5.74, 6) is -1.12. The highest BCUT2D eigenvalue weighted by Gasteiger charge is 2.07. The molecule has 1 aromatic carbocycles. The molecule has 1 rings (SSSR count). The monoisotopic (exact) mass is 232 g/mol. The normalized spacial score (nSPS) is 9.92. The Balaban J connectivity index is 3.18. The zero-order valence-electron chi connectivity index (χ0n) is 6.28. The first-order chi connectivity index (χ1) is 5.65. The van der Waals surface area contributed by atoms with Crippen LogP contribution >= 0.6 is 15.9 Å². The highest BCUT2D eigenvalue weighted by atomic mass is 79.9. The van der Waals surface area contributed by atoms with E-state index in [0.29, 0.717) is 16.5 Å². The molecule has 0 heterocycles. The zero-order valence-corrected chi connectivity index (χ0v) is 7.87. The van der Waals surface area contributed by atoms with Gasteiger partial charge in [-0.25, -0.2) is 8.78 Å². The fourth-order valence-electron chi connectivity index (χ4n) is 0.911. The lowest BCUT2D eigenvalue weighted by atomic mass is 10.1. The van der Waals surface area contributed by atoms with Gasteiger partial charge in [0.25, 0.3) is 0 Å². The summed E-state index contributed by atoms with van der Waals surface area (Å²) >= 11 is 3.07. The molecule has 0 aliphatic rings. The smallest absolute Gasteiger partial charge is 0.130 e. The van der Waals surface area contributed by atoms with Gasteiger partial charge in [-0.2, -0.15) is 0 Å². The van der Waals surface area contributed by atoms with E-state index < -0.39 is 11.6 Å². The standard InChI is InChI=1S/C9H7BrF2/c1-2-3-7-8(10)4-6(11)5-9(7)12/h2,4-5H,1,3H2. The maximum absolute atomic E-state index is 13.0. The quantitative estimate of drug-likeness (QED) is 0.686. The number of halogens is 3. The van der Waals surface area contributed by atoms with Crippen LogP contribution in [0, 0.1) is 11.6 Å². The first-order valence-corrected chi connectivity index (χ1v) is 4.18. The van der Waals surface area contributed by atoms with Gasteiger partial charge in [0.15, 0.2) is 0 Å². The van der Waals surface area contributed by atoms with Gasteiger partial charge in [0.1, 0.15) is 11.6 Å². The third kappa shape index (κ3) is 1.91. The lowest BCUT2D eigenvalue weighted by Crippen LogP contribution is -1.91. The minimum Gasteiger partial charge on any atom is -0.207 e. The fourth-order valence-corrected chi connectivity index (χ4v) is 1.48. The number of hydrogen-bond acceptors (Lipinski definition) is 0. The Hall–Kier alpha value is -0.700. The van der Waals surface area contributed by atoms with Crippen molar-refractivity contribution in [2.75, 3.05) is 0 Å². The Labute approximate surface area is 78.0 Å². The highest BCUT2D eigenvalue weighted by molar-refractivity contribution is 9.10. The van der Waals surface area contributed by atoms with Crippen molar-refractivity contribution in [2.24, 2.45) is 0 Å². The van der Waals surface area contributed by atoms with Crippen LogP contribution in [-0.4, -0.2) is 0 Å². The van der Waals surface area contributed by atoms with Crippen LogP contribution in [0.3, 0.4) is 0 Å². The van der Waals surface area contributed by atoms with Crippen molar-refractivity contribution in [2.45, 2.75) is 6.42 Å². The summed E-state index contributed by atoms with van der Waals surface area (Å²) in [6.07, 6.45) is 1.97. The van der Waals surface area contributed by atoms with Crippen LogP contribution in [0.15, 0.2) is 29.3 Å². The molecule has 0 radical (unpaired) electrons. The molecule has 12 heavy (non-hydrogen) atoms. The molecular weight excluding hydrogens is 226 g/mol. The maximum atomic E-state index is 13.0. The van der Waals surface area contributed by atoms with Crippen molar-refractivity contribution >= 4 is 15.9 Å². The first kappa shape index (κ1) is 9.39. The zero-order chi connectivity index (χ0) is 9.14.